The highest BCUT2D eigenvalue weighted by atomic mass is 14.3. The number of fused-ring (bicyclic) bond motifs is 3. The molecule has 0 aromatic heterocycles. The zero-order valence-corrected chi connectivity index (χ0v) is 9.68. The molecule has 0 heterocycles. The predicted molar refractivity (Wildman–Crippen MR) is 64.3 cm³/mol. The number of hydrogen-bond donors (Lipinski definition) is 0. The molecule has 0 amide bonds. The Hall–Kier alpha value is -0.780. The van der Waals surface area contributed by atoms with Gasteiger partial charge in [0.25, 0.3) is 0 Å². The Balaban J connectivity index is 2.07. The third kappa shape index (κ3) is 1.60. The molecule has 0 aliphatic heterocycles. The van der Waals surface area contributed by atoms with E-state index in [0.717, 1.165) is 5.92 Å². The first kappa shape index (κ1) is 9.45. The molecule has 1 atom stereocenters. The Morgan fingerprint density at radius 3 is 2.60 bits per heavy atom. The van der Waals surface area contributed by atoms with Gasteiger partial charge >= 0.3 is 0 Å². The number of benzene rings is 1. The van der Waals surface area contributed by atoms with Crippen molar-refractivity contribution in [3.8, 4) is 0 Å². The minimum atomic E-state index is 0.902. The van der Waals surface area contributed by atoms with Crippen molar-refractivity contribution in [2.75, 3.05) is 0 Å². The van der Waals surface area contributed by atoms with E-state index in [1.165, 1.54) is 44.9 Å². The molecule has 3 rings (SSSR count). The van der Waals surface area contributed by atoms with Crippen LogP contribution in [0.3, 0.4) is 0 Å². The lowest BCUT2D eigenvalue weighted by Crippen LogP contribution is -2.16. The monoisotopic (exact) mass is 200 g/mol. The molecule has 15 heavy (non-hydrogen) atoms. The molecule has 0 bridgehead atoms. The average molecular weight is 200 g/mol. The highest BCUT2D eigenvalue weighted by molar-refractivity contribution is 5.43. The van der Waals surface area contributed by atoms with Crippen LogP contribution < -0.4 is 0 Å². The topological polar surface area (TPSA) is 0 Å². The van der Waals surface area contributed by atoms with E-state index in [1.54, 1.807) is 22.3 Å². The number of hydrogen-bond acceptors (Lipinski definition) is 0. The zero-order valence-electron chi connectivity index (χ0n) is 9.68. The van der Waals surface area contributed by atoms with Crippen LogP contribution in [0.25, 0.3) is 0 Å². The summed E-state index contributed by atoms with van der Waals surface area (Å²) >= 11 is 0. The first-order valence-corrected chi connectivity index (χ1v) is 6.47. The van der Waals surface area contributed by atoms with Gasteiger partial charge in [0.2, 0.25) is 0 Å². The second-order valence-corrected chi connectivity index (χ2v) is 5.40. The van der Waals surface area contributed by atoms with E-state index in [4.69, 9.17) is 0 Å². The quantitative estimate of drug-likeness (QED) is 0.599. The summed E-state index contributed by atoms with van der Waals surface area (Å²) in [6.07, 6.45) is 9.58. The second-order valence-electron chi connectivity index (χ2n) is 5.40. The van der Waals surface area contributed by atoms with Crippen molar-refractivity contribution in [3.63, 3.8) is 0 Å². The van der Waals surface area contributed by atoms with E-state index < -0.39 is 0 Å². The fourth-order valence-electron chi connectivity index (χ4n) is 3.32. The molecule has 80 valence electrons. The molecule has 0 spiro atoms. The fraction of sp³-hybridized carbons (Fsp3) is 0.600. The van der Waals surface area contributed by atoms with Crippen LogP contribution in [0.2, 0.25) is 0 Å². The van der Waals surface area contributed by atoms with Crippen LogP contribution in [0.5, 0.6) is 0 Å². The summed E-state index contributed by atoms with van der Waals surface area (Å²) in [6, 6.07) is 4.82. The molecule has 2 aliphatic rings. The third-order valence-electron chi connectivity index (χ3n) is 4.20. The van der Waals surface area contributed by atoms with Gasteiger partial charge in [0.05, 0.1) is 0 Å². The summed E-state index contributed by atoms with van der Waals surface area (Å²) in [6.45, 7) is 2.39. The van der Waals surface area contributed by atoms with E-state index in [-0.39, 0.29) is 0 Å². The standard InChI is InChI=1S/C15H20/c1-11-6-9-15-13(10-11)8-7-12-4-2-3-5-14(12)15/h7-8,11H,2-6,9-10H2,1H3. The molecule has 0 saturated heterocycles. The predicted octanol–water partition coefficient (Wildman–Crippen LogP) is 3.69. The van der Waals surface area contributed by atoms with Crippen LogP contribution in [-0.4, -0.2) is 0 Å². The van der Waals surface area contributed by atoms with Crippen LogP contribution in [-0.2, 0) is 25.7 Å². The van der Waals surface area contributed by atoms with Gasteiger partial charge in [-0.1, -0.05) is 19.1 Å². The Labute approximate surface area is 92.7 Å². The Kier molecular flexibility index (Phi) is 2.31. The Morgan fingerprint density at radius 1 is 0.933 bits per heavy atom. The minimum absolute atomic E-state index is 0.902. The van der Waals surface area contributed by atoms with E-state index in [0.29, 0.717) is 0 Å². The van der Waals surface area contributed by atoms with Gasteiger partial charge < -0.3 is 0 Å². The molecule has 0 heteroatoms. The van der Waals surface area contributed by atoms with E-state index in [2.05, 4.69) is 19.1 Å². The molecular formula is C15H20. The number of aryl methyl sites for hydroxylation is 1. The molecule has 2 aliphatic carbocycles. The number of rotatable bonds is 0. The lowest BCUT2D eigenvalue weighted by Gasteiger charge is -2.27. The lowest BCUT2D eigenvalue weighted by molar-refractivity contribution is 0.496. The molecule has 1 aromatic rings. The minimum Gasteiger partial charge on any atom is -0.0622 e. The maximum Gasteiger partial charge on any atom is -0.0250 e. The third-order valence-corrected chi connectivity index (χ3v) is 4.20. The van der Waals surface area contributed by atoms with Gasteiger partial charge in [-0.25, -0.2) is 0 Å². The molecule has 1 aromatic carbocycles. The van der Waals surface area contributed by atoms with Crippen molar-refractivity contribution in [1.29, 1.82) is 0 Å². The largest absolute Gasteiger partial charge is 0.0622 e. The van der Waals surface area contributed by atoms with Crippen LogP contribution in [0.4, 0.5) is 0 Å². The van der Waals surface area contributed by atoms with Crippen LogP contribution in [0.1, 0.15) is 48.4 Å². The fourth-order valence-corrected chi connectivity index (χ4v) is 3.32. The second kappa shape index (κ2) is 3.66. The molecule has 0 radical (unpaired) electrons. The summed E-state index contributed by atoms with van der Waals surface area (Å²) < 4.78 is 0. The van der Waals surface area contributed by atoms with E-state index >= 15 is 0 Å². The van der Waals surface area contributed by atoms with Crippen molar-refractivity contribution in [3.05, 3.63) is 34.4 Å². The van der Waals surface area contributed by atoms with Crippen molar-refractivity contribution in [1.82, 2.24) is 0 Å². The highest BCUT2D eigenvalue weighted by Gasteiger charge is 2.21. The molecule has 0 nitrogen and oxygen atoms in total. The molecule has 0 N–H and O–H groups in total. The molecular weight excluding hydrogens is 180 g/mol. The van der Waals surface area contributed by atoms with Crippen LogP contribution >= 0.6 is 0 Å². The van der Waals surface area contributed by atoms with Crippen molar-refractivity contribution >= 4 is 0 Å². The molecule has 0 saturated carbocycles. The van der Waals surface area contributed by atoms with Gasteiger partial charge in [-0.2, -0.15) is 0 Å². The SMILES string of the molecule is CC1CCc2c(ccc3c2CCCC3)C1. The van der Waals surface area contributed by atoms with Gasteiger partial charge in [-0.05, 0) is 73.1 Å². The van der Waals surface area contributed by atoms with Crippen molar-refractivity contribution < 1.29 is 0 Å². The van der Waals surface area contributed by atoms with Gasteiger partial charge in [0, 0.05) is 0 Å². The first-order chi connectivity index (χ1) is 7.34. The summed E-state index contributed by atoms with van der Waals surface area (Å²) in [5.41, 5.74) is 6.81. The summed E-state index contributed by atoms with van der Waals surface area (Å²) in [7, 11) is 0. The van der Waals surface area contributed by atoms with Crippen molar-refractivity contribution in [2.24, 2.45) is 5.92 Å². The highest BCUT2D eigenvalue weighted by Crippen LogP contribution is 2.33. The van der Waals surface area contributed by atoms with Crippen LogP contribution in [0.15, 0.2) is 12.1 Å². The maximum atomic E-state index is 2.41. The van der Waals surface area contributed by atoms with Crippen LogP contribution in [0, 0.1) is 5.92 Å². The molecule has 1 unspecified atom stereocenters. The normalized spacial score (nSPS) is 24.5. The van der Waals surface area contributed by atoms with E-state index in [9.17, 15) is 0 Å². The smallest absolute Gasteiger partial charge is 0.0250 e. The maximum absolute atomic E-state index is 2.41. The summed E-state index contributed by atoms with van der Waals surface area (Å²) in [4.78, 5) is 0. The van der Waals surface area contributed by atoms with Gasteiger partial charge in [-0.15, -0.1) is 0 Å². The van der Waals surface area contributed by atoms with Gasteiger partial charge in [0.15, 0.2) is 0 Å². The Morgan fingerprint density at radius 2 is 1.67 bits per heavy atom. The average Bonchev–Trinajstić information content (AvgIpc) is 2.28. The van der Waals surface area contributed by atoms with Gasteiger partial charge in [-0.3, -0.25) is 0 Å². The summed E-state index contributed by atoms with van der Waals surface area (Å²) in [5, 5.41) is 0. The Bertz CT molecular complexity index is 376. The lowest BCUT2D eigenvalue weighted by atomic mass is 9.78. The zero-order chi connectivity index (χ0) is 10.3. The summed E-state index contributed by atoms with van der Waals surface area (Å²) in [5.74, 6) is 0.902. The van der Waals surface area contributed by atoms with Crippen molar-refractivity contribution in [2.45, 2.75) is 51.9 Å². The van der Waals surface area contributed by atoms with E-state index in [1.807, 2.05) is 0 Å². The van der Waals surface area contributed by atoms with Gasteiger partial charge in [0.1, 0.15) is 0 Å². The molecule has 0 fully saturated rings. The first-order valence-electron chi connectivity index (χ1n) is 6.47.